The molecule has 1 aromatic rings. The second-order valence-corrected chi connectivity index (χ2v) is 4.46. The van der Waals surface area contributed by atoms with Crippen LogP contribution in [0.4, 0.5) is 0 Å². The summed E-state index contributed by atoms with van der Waals surface area (Å²) in [4.78, 5) is 10.9. The Hall–Kier alpha value is -1.39. The molecule has 3 unspecified atom stereocenters. The Morgan fingerprint density at radius 3 is 2.59 bits per heavy atom. The molecule has 1 aliphatic heterocycles. The largest absolute Gasteiger partial charge is 0.480 e. The van der Waals surface area contributed by atoms with E-state index in [0.29, 0.717) is 6.54 Å². The summed E-state index contributed by atoms with van der Waals surface area (Å²) in [6.45, 7) is 4.35. The third-order valence-corrected chi connectivity index (χ3v) is 3.09. The van der Waals surface area contributed by atoms with Crippen LogP contribution in [-0.2, 0) is 9.53 Å². The maximum Gasteiger partial charge on any atom is 0.323 e. The molecule has 4 nitrogen and oxygen atoms in total. The van der Waals surface area contributed by atoms with Crippen LogP contribution in [0.25, 0.3) is 0 Å². The van der Waals surface area contributed by atoms with Crippen LogP contribution < -0.4 is 5.32 Å². The zero-order chi connectivity index (χ0) is 12.4. The molecule has 0 radical (unpaired) electrons. The fourth-order valence-corrected chi connectivity index (χ4v) is 2.05. The third-order valence-electron chi connectivity index (χ3n) is 3.09. The summed E-state index contributed by atoms with van der Waals surface area (Å²) in [7, 11) is 0. The number of hydrogen-bond donors (Lipinski definition) is 2. The minimum absolute atomic E-state index is 0.0683. The third kappa shape index (κ3) is 2.65. The van der Waals surface area contributed by atoms with Gasteiger partial charge < -0.3 is 9.84 Å². The molecular weight excluding hydrogens is 218 g/mol. The second kappa shape index (κ2) is 4.85. The summed E-state index contributed by atoms with van der Waals surface area (Å²) < 4.78 is 5.74. The van der Waals surface area contributed by atoms with Gasteiger partial charge in [0.1, 0.15) is 6.04 Å². The molecule has 3 atom stereocenters. The van der Waals surface area contributed by atoms with Crippen molar-refractivity contribution in [1.29, 1.82) is 0 Å². The van der Waals surface area contributed by atoms with E-state index in [0.717, 1.165) is 5.56 Å². The Morgan fingerprint density at radius 2 is 2.06 bits per heavy atom. The molecule has 0 bridgehead atoms. The zero-order valence-corrected chi connectivity index (χ0v) is 10.0. The fraction of sp³-hybridized carbons (Fsp3) is 0.462. The summed E-state index contributed by atoms with van der Waals surface area (Å²) in [5.41, 5.74) is 2.28. The van der Waals surface area contributed by atoms with Crippen LogP contribution in [0.5, 0.6) is 0 Å². The van der Waals surface area contributed by atoms with Gasteiger partial charge in [-0.3, -0.25) is 10.1 Å². The van der Waals surface area contributed by atoms with Crippen molar-refractivity contribution in [2.24, 2.45) is 0 Å². The average Bonchev–Trinajstić information content (AvgIpc) is 2.29. The van der Waals surface area contributed by atoms with Gasteiger partial charge in [0.2, 0.25) is 0 Å². The Morgan fingerprint density at radius 1 is 1.41 bits per heavy atom. The summed E-state index contributed by atoms with van der Waals surface area (Å²) in [5.74, 6) is -0.861. The quantitative estimate of drug-likeness (QED) is 0.815. The van der Waals surface area contributed by atoms with E-state index in [4.69, 9.17) is 9.84 Å². The highest BCUT2D eigenvalue weighted by Gasteiger charge is 2.32. The zero-order valence-electron chi connectivity index (χ0n) is 10.0. The van der Waals surface area contributed by atoms with Gasteiger partial charge in [0.05, 0.1) is 12.2 Å². The highest BCUT2D eigenvalue weighted by atomic mass is 16.5. The number of carboxylic acid groups (broad SMARTS) is 1. The molecule has 0 spiro atoms. The Labute approximate surface area is 101 Å². The lowest BCUT2D eigenvalue weighted by Crippen LogP contribution is -2.52. The molecule has 1 aromatic carbocycles. The van der Waals surface area contributed by atoms with E-state index in [2.05, 4.69) is 5.32 Å². The molecular formula is C13H17NO3. The highest BCUT2D eigenvalue weighted by molar-refractivity contribution is 5.74. The number of rotatable bonds is 2. The molecule has 4 heteroatoms. The first-order valence-corrected chi connectivity index (χ1v) is 5.76. The summed E-state index contributed by atoms with van der Waals surface area (Å²) in [5, 5.41) is 12.0. The SMILES string of the molecule is Cc1ccc(C2CNC(C(=O)O)C(C)O2)cc1. The van der Waals surface area contributed by atoms with Gasteiger partial charge in [-0.15, -0.1) is 0 Å². The molecule has 0 amide bonds. The summed E-state index contributed by atoms with van der Waals surface area (Å²) in [6, 6.07) is 7.50. The van der Waals surface area contributed by atoms with E-state index >= 15 is 0 Å². The van der Waals surface area contributed by atoms with Crippen LogP contribution in [0.15, 0.2) is 24.3 Å². The van der Waals surface area contributed by atoms with Gasteiger partial charge in [0.15, 0.2) is 0 Å². The minimum atomic E-state index is -0.861. The van der Waals surface area contributed by atoms with Crippen molar-refractivity contribution < 1.29 is 14.6 Å². The number of nitrogens with one attached hydrogen (secondary N) is 1. The molecule has 1 fully saturated rings. The fourth-order valence-electron chi connectivity index (χ4n) is 2.05. The van der Waals surface area contributed by atoms with Crippen molar-refractivity contribution >= 4 is 5.97 Å². The minimum Gasteiger partial charge on any atom is -0.480 e. The van der Waals surface area contributed by atoms with Gasteiger partial charge >= 0.3 is 5.97 Å². The number of hydrogen-bond acceptors (Lipinski definition) is 3. The smallest absolute Gasteiger partial charge is 0.323 e. The first-order chi connectivity index (χ1) is 8.08. The van der Waals surface area contributed by atoms with E-state index < -0.39 is 12.0 Å². The normalized spacial score (nSPS) is 28.9. The van der Waals surface area contributed by atoms with Crippen molar-refractivity contribution in [2.45, 2.75) is 32.1 Å². The van der Waals surface area contributed by atoms with Crippen molar-refractivity contribution in [1.82, 2.24) is 5.32 Å². The molecule has 0 aliphatic carbocycles. The van der Waals surface area contributed by atoms with Crippen LogP contribution in [0.1, 0.15) is 24.2 Å². The number of ether oxygens (including phenoxy) is 1. The van der Waals surface area contributed by atoms with E-state index in [9.17, 15) is 4.79 Å². The van der Waals surface area contributed by atoms with Gasteiger partial charge in [0, 0.05) is 6.54 Å². The van der Waals surface area contributed by atoms with E-state index in [1.807, 2.05) is 31.2 Å². The number of aryl methyl sites for hydroxylation is 1. The lowest BCUT2D eigenvalue weighted by molar-refractivity contribution is -0.149. The van der Waals surface area contributed by atoms with E-state index in [-0.39, 0.29) is 12.2 Å². The predicted octanol–water partition coefficient (Wildman–Crippen LogP) is 1.50. The molecule has 0 saturated carbocycles. The summed E-state index contributed by atoms with van der Waals surface area (Å²) in [6.07, 6.45) is -0.395. The molecule has 2 N–H and O–H groups in total. The van der Waals surface area contributed by atoms with Crippen LogP contribution >= 0.6 is 0 Å². The summed E-state index contributed by atoms with van der Waals surface area (Å²) >= 11 is 0. The van der Waals surface area contributed by atoms with E-state index in [1.54, 1.807) is 6.92 Å². The van der Waals surface area contributed by atoms with Gasteiger partial charge in [-0.1, -0.05) is 29.8 Å². The molecule has 2 rings (SSSR count). The van der Waals surface area contributed by atoms with Gasteiger partial charge in [-0.2, -0.15) is 0 Å². The molecule has 1 heterocycles. The number of carboxylic acids is 1. The molecule has 0 aromatic heterocycles. The number of aliphatic carboxylic acids is 1. The maximum atomic E-state index is 10.9. The molecule has 1 aliphatic rings. The van der Waals surface area contributed by atoms with Crippen molar-refractivity contribution in [3.8, 4) is 0 Å². The topological polar surface area (TPSA) is 58.6 Å². The Kier molecular flexibility index (Phi) is 3.45. The number of carbonyl (C=O) groups is 1. The van der Waals surface area contributed by atoms with Crippen LogP contribution in [-0.4, -0.2) is 29.8 Å². The lowest BCUT2D eigenvalue weighted by Gasteiger charge is -2.33. The Bertz CT molecular complexity index is 402. The van der Waals surface area contributed by atoms with E-state index in [1.165, 1.54) is 5.56 Å². The monoisotopic (exact) mass is 235 g/mol. The van der Waals surface area contributed by atoms with Gasteiger partial charge in [0.25, 0.3) is 0 Å². The van der Waals surface area contributed by atoms with Crippen LogP contribution in [0.3, 0.4) is 0 Å². The van der Waals surface area contributed by atoms with Gasteiger partial charge in [-0.25, -0.2) is 0 Å². The second-order valence-electron chi connectivity index (χ2n) is 4.46. The van der Waals surface area contributed by atoms with Gasteiger partial charge in [-0.05, 0) is 19.4 Å². The number of morpholine rings is 1. The number of benzene rings is 1. The maximum absolute atomic E-state index is 10.9. The first-order valence-electron chi connectivity index (χ1n) is 5.76. The standard InChI is InChI=1S/C13H17NO3/c1-8-3-5-10(6-4-8)11-7-14-12(13(15)16)9(2)17-11/h3-6,9,11-12,14H,7H2,1-2H3,(H,15,16). The predicted molar refractivity (Wildman–Crippen MR) is 63.9 cm³/mol. The van der Waals surface area contributed by atoms with Crippen molar-refractivity contribution in [3.63, 3.8) is 0 Å². The molecule has 92 valence electrons. The average molecular weight is 235 g/mol. The Balaban J connectivity index is 2.06. The van der Waals surface area contributed by atoms with Crippen LogP contribution in [0, 0.1) is 6.92 Å². The van der Waals surface area contributed by atoms with Crippen LogP contribution in [0.2, 0.25) is 0 Å². The highest BCUT2D eigenvalue weighted by Crippen LogP contribution is 2.23. The molecule has 17 heavy (non-hydrogen) atoms. The molecule has 1 saturated heterocycles. The van der Waals surface area contributed by atoms with Crippen molar-refractivity contribution in [2.75, 3.05) is 6.54 Å². The first kappa shape index (κ1) is 12.1. The van der Waals surface area contributed by atoms with Crippen molar-refractivity contribution in [3.05, 3.63) is 35.4 Å². The lowest BCUT2D eigenvalue weighted by atomic mass is 10.0.